The van der Waals surface area contributed by atoms with Gasteiger partial charge in [-0.25, -0.2) is 0 Å². The number of hydrogen-bond acceptors (Lipinski definition) is 1. The van der Waals surface area contributed by atoms with Gasteiger partial charge in [-0.2, -0.15) is 0 Å². The maximum atomic E-state index is 11.2. The molecule has 0 amide bonds. The van der Waals surface area contributed by atoms with Gasteiger partial charge in [-0.15, -0.1) is 0 Å². The lowest BCUT2D eigenvalue weighted by Crippen LogP contribution is -2.30. The van der Waals surface area contributed by atoms with Gasteiger partial charge in [0, 0.05) is 5.92 Å². The molecular formula is C10H18O. The van der Waals surface area contributed by atoms with E-state index in [9.17, 15) is 4.79 Å². The van der Waals surface area contributed by atoms with Gasteiger partial charge in [0.15, 0.2) is 0 Å². The van der Waals surface area contributed by atoms with E-state index in [0.29, 0.717) is 23.5 Å². The van der Waals surface area contributed by atoms with E-state index in [4.69, 9.17) is 0 Å². The predicted octanol–water partition coefficient (Wildman–Crippen LogP) is 2.65. The highest BCUT2D eigenvalue weighted by Crippen LogP contribution is 2.34. The zero-order valence-corrected chi connectivity index (χ0v) is 7.76. The molecule has 0 radical (unpaired) electrons. The van der Waals surface area contributed by atoms with Crippen LogP contribution in [0.2, 0.25) is 0 Å². The Kier molecular flexibility index (Phi) is 2.69. The summed E-state index contributed by atoms with van der Waals surface area (Å²) in [5, 5.41) is 0. The minimum absolute atomic E-state index is 0.351. The zero-order valence-electron chi connectivity index (χ0n) is 7.76. The maximum Gasteiger partial charge on any atom is 0.133 e. The normalized spacial score (nSPS) is 38.6. The summed E-state index contributed by atoms with van der Waals surface area (Å²) in [6.45, 7) is 6.16. The molecule has 0 aromatic rings. The first kappa shape index (κ1) is 8.76. The van der Waals surface area contributed by atoms with Gasteiger partial charge in [0.25, 0.3) is 0 Å². The number of carbonyl (C=O) groups is 1. The minimum Gasteiger partial charge on any atom is -0.300 e. The Morgan fingerprint density at radius 2 is 1.64 bits per heavy atom. The van der Waals surface area contributed by atoms with Gasteiger partial charge in [-0.3, -0.25) is 4.79 Å². The fraction of sp³-hybridized carbons (Fsp3) is 0.900. The molecule has 0 spiro atoms. The fourth-order valence-electron chi connectivity index (χ4n) is 2.48. The highest BCUT2D eigenvalue weighted by atomic mass is 16.1. The van der Waals surface area contributed by atoms with Crippen LogP contribution in [0.4, 0.5) is 0 Å². The van der Waals surface area contributed by atoms with E-state index in [1.165, 1.54) is 19.3 Å². The number of ketones is 1. The zero-order chi connectivity index (χ0) is 8.43. The molecule has 0 N–H and O–H groups in total. The van der Waals surface area contributed by atoms with E-state index in [1.54, 1.807) is 6.92 Å². The van der Waals surface area contributed by atoms with Gasteiger partial charge in [0.2, 0.25) is 0 Å². The minimum atomic E-state index is 0.351. The average molecular weight is 154 g/mol. The molecule has 2 atom stereocenters. The predicted molar refractivity (Wildman–Crippen MR) is 46.4 cm³/mol. The molecule has 2 unspecified atom stereocenters. The van der Waals surface area contributed by atoms with Crippen LogP contribution in [0.5, 0.6) is 0 Å². The molecule has 11 heavy (non-hydrogen) atoms. The van der Waals surface area contributed by atoms with Crippen LogP contribution < -0.4 is 0 Å². The van der Waals surface area contributed by atoms with Crippen molar-refractivity contribution in [3.63, 3.8) is 0 Å². The van der Waals surface area contributed by atoms with Crippen LogP contribution in [0.1, 0.15) is 40.0 Å². The lowest BCUT2D eigenvalue weighted by atomic mass is 9.72. The van der Waals surface area contributed by atoms with Crippen LogP contribution in [0, 0.1) is 17.8 Å². The Bertz CT molecular complexity index is 141. The SMILES string of the molecule is CC(=O)C1C(C)CCCC1C. The van der Waals surface area contributed by atoms with E-state index < -0.39 is 0 Å². The molecule has 0 aliphatic heterocycles. The molecule has 0 aromatic heterocycles. The van der Waals surface area contributed by atoms with Crippen LogP contribution in [-0.2, 0) is 4.79 Å². The quantitative estimate of drug-likeness (QED) is 0.567. The number of rotatable bonds is 1. The van der Waals surface area contributed by atoms with Crippen molar-refractivity contribution < 1.29 is 4.79 Å². The molecule has 1 aliphatic carbocycles. The summed E-state index contributed by atoms with van der Waals surface area (Å²) in [6.07, 6.45) is 3.80. The second-order valence-electron chi connectivity index (χ2n) is 4.02. The number of Topliss-reactive ketones (excluding diaryl/α,β-unsaturated/α-hetero) is 1. The summed E-state index contributed by atoms with van der Waals surface area (Å²) >= 11 is 0. The Morgan fingerprint density at radius 3 is 1.91 bits per heavy atom. The Morgan fingerprint density at radius 1 is 1.18 bits per heavy atom. The monoisotopic (exact) mass is 154 g/mol. The largest absolute Gasteiger partial charge is 0.300 e. The van der Waals surface area contributed by atoms with Gasteiger partial charge in [0.05, 0.1) is 0 Å². The van der Waals surface area contributed by atoms with E-state index in [2.05, 4.69) is 13.8 Å². The van der Waals surface area contributed by atoms with Crippen molar-refractivity contribution in [1.29, 1.82) is 0 Å². The first-order valence-corrected chi connectivity index (χ1v) is 4.63. The van der Waals surface area contributed by atoms with Crippen molar-refractivity contribution in [2.45, 2.75) is 40.0 Å². The van der Waals surface area contributed by atoms with Gasteiger partial charge >= 0.3 is 0 Å². The lowest BCUT2D eigenvalue weighted by Gasteiger charge is -2.32. The first-order valence-electron chi connectivity index (χ1n) is 4.63. The first-order chi connectivity index (χ1) is 5.13. The third-order valence-corrected chi connectivity index (χ3v) is 3.01. The molecule has 1 heteroatoms. The highest BCUT2D eigenvalue weighted by Gasteiger charge is 2.30. The van der Waals surface area contributed by atoms with Crippen LogP contribution in [0.3, 0.4) is 0 Å². The van der Waals surface area contributed by atoms with E-state index in [1.807, 2.05) is 0 Å². The summed E-state index contributed by atoms with van der Waals surface area (Å²) in [5.41, 5.74) is 0. The Labute approximate surface area is 69.2 Å². The summed E-state index contributed by atoms with van der Waals surface area (Å²) in [7, 11) is 0. The molecule has 64 valence electrons. The molecule has 0 bridgehead atoms. The topological polar surface area (TPSA) is 17.1 Å². The maximum absolute atomic E-state index is 11.2. The van der Waals surface area contributed by atoms with Gasteiger partial charge in [-0.05, 0) is 18.8 Å². The highest BCUT2D eigenvalue weighted by molar-refractivity contribution is 5.78. The van der Waals surface area contributed by atoms with E-state index in [-0.39, 0.29) is 0 Å². The Hall–Kier alpha value is -0.330. The molecule has 1 saturated carbocycles. The smallest absolute Gasteiger partial charge is 0.133 e. The Balaban J connectivity index is 2.62. The van der Waals surface area contributed by atoms with E-state index in [0.717, 1.165) is 0 Å². The molecule has 1 fully saturated rings. The van der Waals surface area contributed by atoms with Gasteiger partial charge < -0.3 is 0 Å². The molecule has 0 heterocycles. The average Bonchev–Trinajstić information content (AvgIpc) is 1.85. The van der Waals surface area contributed by atoms with Crippen molar-refractivity contribution in [3.05, 3.63) is 0 Å². The molecule has 0 aromatic carbocycles. The second-order valence-corrected chi connectivity index (χ2v) is 4.02. The van der Waals surface area contributed by atoms with Crippen molar-refractivity contribution in [1.82, 2.24) is 0 Å². The van der Waals surface area contributed by atoms with Crippen LogP contribution >= 0.6 is 0 Å². The van der Waals surface area contributed by atoms with Gasteiger partial charge in [0.1, 0.15) is 5.78 Å². The molecule has 1 aliphatic rings. The summed E-state index contributed by atoms with van der Waals surface area (Å²) in [4.78, 5) is 11.2. The van der Waals surface area contributed by atoms with Crippen molar-refractivity contribution in [2.24, 2.45) is 17.8 Å². The van der Waals surface area contributed by atoms with Gasteiger partial charge in [-0.1, -0.05) is 33.1 Å². The third kappa shape index (κ3) is 1.82. The number of hydrogen-bond donors (Lipinski definition) is 0. The van der Waals surface area contributed by atoms with Crippen LogP contribution in [-0.4, -0.2) is 5.78 Å². The molecule has 1 rings (SSSR count). The van der Waals surface area contributed by atoms with Crippen molar-refractivity contribution >= 4 is 5.78 Å². The third-order valence-electron chi connectivity index (χ3n) is 3.01. The fourth-order valence-corrected chi connectivity index (χ4v) is 2.48. The standard InChI is InChI=1S/C10H18O/c1-7-5-4-6-8(2)10(7)9(3)11/h7-8,10H,4-6H2,1-3H3. The molecular weight excluding hydrogens is 136 g/mol. The van der Waals surface area contributed by atoms with Crippen LogP contribution in [0.25, 0.3) is 0 Å². The van der Waals surface area contributed by atoms with Crippen molar-refractivity contribution in [3.8, 4) is 0 Å². The molecule has 0 saturated heterocycles. The summed E-state index contributed by atoms with van der Waals surface area (Å²) < 4.78 is 0. The lowest BCUT2D eigenvalue weighted by molar-refractivity contribution is -0.125. The second kappa shape index (κ2) is 3.38. The molecule has 1 nitrogen and oxygen atoms in total. The summed E-state index contributed by atoms with van der Waals surface area (Å²) in [6, 6.07) is 0. The van der Waals surface area contributed by atoms with Crippen molar-refractivity contribution in [2.75, 3.05) is 0 Å². The van der Waals surface area contributed by atoms with E-state index >= 15 is 0 Å². The van der Waals surface area contributed by atoms with Crippen LogP contribution in [0.15, 0.2) is 0 Å². The summed E-state index contributed by atoms with van der Waals surface area (Å²) in [5.74, 6) is 1.99. The number of carbonyl (C=O) groups excluding carboxylic acids is 1.